The Hall–Kier alpha value is -2.95. The van der Waals surface area contributed by atoms with Gasteiger partial charge in [-0.15, -0.1) is 0 Å². The van der Waals surface area contributed by atoms with Gasteiger partial charge in [0.05, 0.1) is 10.9 Å². The molecule has 1 atom stereocenters. The van der Waals surface area contributed by atoms with Gasteiger partial charge < -0.3 is 5.32 Å². The highest BCUT2D eigenvalue weighted by Gasteiger charge is 2.16. The fourth-order valence-corrected chi connectivity index (χ4v) is 3.97. The summed E-state index contributed by atoms with van der Waals surface area (Å²) in [5, 5.41) is 3.66. The molecule has 1 aliphatic rings. The highest BCUT2D eigenvalue weighted by molar-refractivity contribution is 5.97. The van der Waals surface area contributed by atoms with Crippen molar-refractivity contribution in [2.75, 3.05) is 0 Å². The Labute approximate surface area is 170 Å². The molecule has 0 radical (unpaired) electrons. The maximum absolute atomic E-state index is 12.8. The molecular weight excluding hydrogens is 362 g/mol. The largest absolute Gasteiger partial charge is 0.350 e. The normalized spacial score (nSPS) is 14.8. The number of carbonyl (C=O) groups excluding carboxylic acids is 1. The lowest BCUT2D eigenvalue weighted by Gasteiger charge is -2.15. The first-order valence-corrected chi connectivity index (χ1v) is 10.5. The van der Waals surface area contributed by atoms with Crippen molar-refractivity contribution in [3.05, 3.63) is 75.8 Å². The van der Waals surface area contributed by atoms with Crippen LogP contribution < -0.4 is 10.9 Å². The molecule has 2 heterocycles. The number of nitrogens with zero attached hydrogens (tertiary/aromatic N) is 2. The van der Waals surface area contributed by atoms with Crippen molar-refractivity contribution in [1.82, 2.24) is 14.9 Å². The molecule has 1 amide bonds. The van der Waals surface area contributed by atoms with E-state index in [9.17, 15) is 9.59 Å². The highest BCUT2D eigenvalue weighted by atomic mass is 16.1. The second-order valence-corrected chi connectivity index (χ2v) is 7.93. The maximum Gasteiger partial charge on any atom is 0.261 e. The van der Waals surface area contributed by atoms with Gasteiger partial charge in [0.15, 0.2) is 0 Å². The minimum absolute atomic E-state index is 0.00934. The van der Waals surface area contributed by atoms with Crippen LogP contribution in [-0.2, 0) is 19.4 Å². The van der Waals surface area contributed by atoms with Gasteiger partial charge in [0.2, 0.25) is 0 Å². The molecule has 0 fully saturated rings. The van der Waals surface area contributed by atoms with Crippen LogP contribution in [0.4, 0.5) is 0 Å². The third-order valence-electron chi connectivity index (χ3n) is 5.67. The van der Waals surface area contributed by atoms with Crippen LogP contribution in [0.3, 0.4) is 0 Å². The summed E-state index contributed by atoms with van der Waals surface area (Å²) in [6.45, 7) is 2.75. The van der Waals surface area contributed by atoms with Crippen LogP contribution in [0.25, 0.3) is 10.9 Å². The zero-order chi connectivity index (χ0) is 20.2. The lowest BCUT2D eigenvalue weighted by molar-refractivity contribution is 0.0938. The minimum Gasteiger partial charge on any atom is -0.350 e. The molecule has 1 aromatic heterocycles. The summed E-state index contributed by atoms with van der Waals surface area (Å²) in [4.78, 5) is 30.3. The first kappa shape index (κ1) is 19.4. The quantitative estimate of drug-likeness (QED) is 0.720. The van der Waals surface area contributed by atoms with E-state index in [0.29, 0.717) is 16.5 Å². The molecular formula is C24H27N3O2. The fourth-order valence-electron chi connectivity index (χ4n) is 3.97. The summed E-state index contributed by atoms with van der Waals surface area (Å²) < 4.78 is 1.81. The smallest absolute Gasteiger partial charge is 0.261 e. The number of fused-ring (bicyclic) bond motifs is 2. The number of hydrogen-bond donors (Lipinski definition) is 1. The predicted molar refractivity (Wildman–Crippen MR) is 115 cm³/mol. The van der Waals surface area contributed by atoms with Crippen LogP contribution in [0, 0.1) is 0 Å². The van der Waals surface area contributed by atoms with Gasteiger partial charge >= 0.3 is 0 Å². The summed E-state index contributed by atoms with van der Waals surface area (Å²) in [6, 6.07) is 15.6. The number of benzene rings is 2. The molecule has 5 heteroatoms. The van der Waals surface area contributed by atoms with Crippen molar-refractivity contribution in [3.63, 3.8) is 0 Å². The molecule has 5 nitrogen and oxygen atoms in total. The molecule has 150 valence electrons. The van der Waals surface area contributed by atoms with E-state index in [2.05, 4.69) is 17.4 Å². The minimum atomic E-state index is -0.121. The molecule has 0 spiro atoms. The van der Waals surface area contributed by atoms with Crippen molar-refractivity contribution in [1.29, 1.82) is 0 Å². The van der Waals surface area contributed by atoms with E-state index in [1.54, 1.807) is 22.8 Å². The van der Waals surface area contributed by atoms with Gasteiger partial charge in [0.25, 0.3) is 11.5 Å². The van der Waals surface area contributed by atoms with Crippen LogP contribution in [-0.4, -0.2) is 21.5 Å². The van der Waals surface area contributed by atoms with Gasteiger partial charge in [-0.3, -0.25) is 14.2 Å². The van der Waals surface area contributed by atoms with Crippen LogP contribution in [0.15, 0.2) is 53.3 Å². The second kappa shape index (κ2) is 8.60. The molecule has 0 saturated carbocycles. The predicted octanol–water partition coefficient (Wildman–Crippen LogP) is 3.87. The summed E-state index contributed by atoms with van der Waals surface area (Å²) in [5.74, 6) is 0.720. The summed E-state index contributed by atoms with van der Waals surface area (Å²) in [6.07, 6.45) is 5.80. The van der Waals surface area contributed by atoms with Crippen LogP contribution in [0.2, 0.25) is 0 Å². The summed E-state index contributed by atoms with van der Waals surface area (Å²) in [7, 11) is 0. The first-order chi connectivity index (χ1) is 14.1. The molecule has 0 saturated heterocycles. The molecule has 1 N–H and O–H groups in total. The molecule has 29 heavy (non-hydrogen) atoms. The van der Waals surface area contributed by atoms with Crippen LogP contribution >= 0.6 is 0 Å². The molecule has 3 aromatic rings. The van der Waals surface area contributed by atoms with E-state index in [1.165, 1.54) is 5.56 Å². The molecule has 2 aromatic carbocycles. The van der Waals surface area contributed by atoms with Gasteiger partial charge in [-0.25, -0.2) is 4.98 Å². The van der Waals surface area contributed by atoms with Gasteiger partial charge in [-0.1, -0.05) is 36.8 Å². The average molecular weight is 389 g/mol. The Bertz CT molecular complexity index is 1070. The number of amides is 1. The van der Waals surface area contributed by atoms with Gasteiger partial charge in [-0.05, 0) is 56.4 Å². The van der Waals surface area contributed by atoms with Crippen LogP contribution in [0.1, 0.15) is 54.4 Å². The first-order valence-electron chi connectivity index (χ1n) is 10.5. The van der Waals surface area contributed by atoms with E-state index in [1.807, 2.05) is 25.1 Å². The average Bonchev–Trinajstić information content (AvgIpc) is 2.98. The number of hydrogen-bond acceptors (Lipinski definition) is 3. The number of aryl methyl sites for hydroxylation is 2. The second-order valence-electron chi connectivity index (χ2n) is 7.93. The van der Waals surface area contributed by atoms with E-state index in [-0.39, 0.29) is 17.5 Å². The van der Waals surface area contributed by atoms with Gasteiger partial charge in [0, 0.05) is 24.6 Å². The van der Waals surface area contributed by atoms with Crippen molar-refractivity contribution in [2.24, 2.45) is 0 Å². The van der Waals surface area contributed by atoms with Crippen molar-refractivity contribution in [2.45, 2.75) is 58.0 Å². The summed E-state index contributed by atoms with van der Waals surface area (Å²) >= 11 is 0. The standard InChI is InChI=1S/C24H27N3O2/c1-17(11-12-18-8-4-2-5-9-18)25-23(28)19-13-14-20-21(16-19)26-22-10-6-3-7-15-27(22)24(20)29/h2,4-5,8-9,13-14,16-17H,3,6-7,10-12,15H2,1H3,(H,25,28)/t17-/m1/s1. The Morgan fingerprint density at radius 3 is 2.79 bits per heavy atom. The topological polar surface area (TPSA) is 64.0 Å². The SMILES string of the molecule is C[C@H](CCc1ccccc1)NC(=O)c1ccc2c(=O)n3c(nc2c1)CCCCC3. The molecule has 4 rings (SSSR count). The van der Waals surface area contributed by atoms with Crippen LogP contribution in [0.5, 0.6) is 0 Å². The van der Waals surface area contributed by atoms with E-state index >= 15 is 0 Å². The Morgan fingerprint density at radius 1 is 1.14 bits per heavy atom. The Balaban J connectivity index is 1.50. The molecule has 0 aliphatic carbocycles. The van der Waals surface area contributed by atoms with Crippen molar-refractivity contribution < 1.29 is 4.79 Å². The fraction of sp³-hybridized carbons (Fsp3) is 0.375. The van der Waals surface area contributed by atoms with Crippen molar-refractivity contribution in [3.8, 4) is 0 Å². The summed E-state index contributed by atoms with van der Waals surface area (Å²) in [5.41, 5.74) is 2.45. The molecule has 1 aliphatic heterocycles. The third-order valence-corrected chi connectivity index (χ3v) is 5.67. The van der Waals surface area contributed by atoms with E-state index < -0.39 is 0 Å². The number of carbonyl (C=O) groups is 1. The van der Waals surface area contributed by atoms with Gasteiger partial charge in [-0.2, -0.15) is 0 Å². The zero-order valence-corrected chi connectivity index (χ0v) is 16.9. The number of rotatable bonds is 5. The van der Waals surface area contributed by atoms with Gasteiger partial charge in [0.1, 0.15) is 5.82 Å². The monoisotopic (exact) mass is 389 g/mol. The molecule has 0 unspecified atom stereocenters. The van der Waals surface area contributed by atoms with Crippen molar-refractivity contribution >= 4 is 16.8 Å². The number of aromatic nitrogens is 2. The highest BCUT2D eigenvalue weighted by Crippen LogP contribution is 2.16. The third kappa shape index (κ3) is 4.39. The number of nitrogens with one attached hydrogen (secondary N) is 1. The Morgan fingerprint density at radius 2 is 1.97 bits per heavy atom. The van der Waals surface area contributed by atoms with E-state index in [0.717, 1.165) is 50.9 Å². The Kier molecular flexibility index (Phi) is 5.74. The maximum atomic E-state index is 12.8. The molecule has 0 bridgehead atoms. The lowest BCUT2D eigenvalue weighted by Crippen LogP contribution is -2.33. The lowest BCUT2D eigenvalue weighted by atomic mass is 10.1. The van der Waals surface area contributed by atoms with E-state index in [4.69, 9.17) is 4.98 Å². The zero-order valence-electron chi connectivity index (χ0n) is 16.9.